The number of ether oxygens (including phenoxy) is 5. The topological polar surface area (TPSA) is 127 Å². The fourth-order valence-electron chi connectivity index (χ4n) is 14.1. The maximum absolute atomic E-state index is 12.9. The Bertz CT molecular complexity index is 1610. The lowest BCUT2D eigenvalue weighted by molar-refractivity contribution is -0.384. The highest BCUT2D eigenvalue weighted by molar-refractivity contribution is 5.76. The van der Waals surface area contributed by atoms with E-state index in [1.54, 1.807) is 0 Å². The van der Waals surface area contributed by atoms with Crippen LogP contribution in [-0.4, -0.2) is 72.8 Å². The minimum Gasteiger partial charge on any atom is -0.431 e. The molecular weight excluding hydrogens is 676 g/mol. The molecule has 6 aliphatic carbocycles. The van der Waals surface area contributed by atoms with E-state index in [4.69, 9.17) is 23.7 Å². The first-order chi connectivity index (χ1) is 25.4. The zero-order valence-electron chi connectivity index (χ0n) is 32.0. The number of nitrogens with zero attached hydrogens (tertiary/aromatic N) is 2. The molecule has 6 saturated carbocycles. The third kappa shape index (κ3) is 5.67. The van der Waals surface area contributed by atoms with E-state index < -0.39 is 11.1 Å². The molecule has 2 spiro atoms. The average Bonchev–Trinajstić information content (AvgIpc) is 4.02. The highest BCUT2D eigenvalue weighted by Crippen LogP contribution is 2.89. The van der Waals surface area contributed by atoms with Crippen LogP contribution in [0.5, 0.6) is 5.75 Å². The number of hydrogen-bond acceptors (Lipinski definition) is 9. The SMILES string of the molecule is C[C@@H]1C23CC[C@H](OC4CN(C(=O)CC5CC5)CCO4)C(C)(C)C2CC[C@H]2C4C[C@H]5O[C@@H](COC(=O)Oc6ccc([N+](=O)[O-])cc6)CC[C@@H]5[C@@]4(C)CC[C@]123. The molecule has 2 aliphatic heterocycles. The van der Waals surface area contributed by atoms with Gasteiger partial charge in [-0.15, -0.1) is 0 Å². The summed E-state index contributed by atoms with van der Waals surface area (Å²) in [5.74, 6) is 4.29. The molecule has 53 heavy (non-hydrogen) atoms. The van der Waals surface area contributed by atoms with Crippen LogP contribution in [0.15, 0.2) is 24.3 Å². The molecule has 0 bridgehead atoms. The molecule has 0 aromatic heterocycles. The van der Waals surface area contributed by atoms with E-state index in [-0.39, 0.29) is 59.4 Å². The number of carbonyl (C=O) groups is 2. The first-order valence-electron chi connectivity index (χ1n) is 20.7. The van der Waals surface area contributed by atoms with Crippen molar-refractivity contribution < 1.29 is 38.2 Å². The number of nitro benzene ring substituents is 1. The third-order valence-electron chi connectivity index (χ3n) is 16.8. The maximum Gasteiger partial charge on any atom is 0.513 e. The predicted octanol–water partition coefficient (Wildman–Crippen LogP) is 7.93. The van der Waals surface area contributed by atoms with E-state index in [9.17, 15) is 19.7 Å². The normalized spacial score (nSPS) is 43.6. The van der Waals surface area contributed by atoms with E-state index in [0.717, 1.165) is 25.7 Å². The fourth-order valence-corrected chi connectivity index (χ4v) is 14.1. The Hall–Kier alpha value is -2.76. The van der Waals surface area contributed by atoms with Gasteiger partial charge in [-0.3, -0.25) is 14.9 Å². The summed E-state index contributed by atoms with van der Waals surface area (Å²) in [5.41, 5.74) is 1.01. The minimum absolute atomic E-state index is 0.0327. The Morgan fingerprint density at radius 3 is 2.47 bits per heavy atom. The summed E-state index contributed by atoms with van der Waals surface area (Å²) in [4.78, 5) is 37.8. The molecule has 0 radical (unpaired) electrons. The van der Waals surface area contributed by atoms with E-state index >= 15 is 0 Å². The molecule has 12 atom stereocenters. The quantitative estimate of drug-likeness (QED) is 0.113. The van der Waals surface area contributed by atoms with Crippen LogP contribution in [0.4, 0.5) is 10.5 Å². The van der Waals surface area contributed by atoms with Gasteiger partial charge in [0.25, 0.3) is 5.69 Å². The highest BCUT2D eigenvalue weighted by atomic mass is 16.7. The molecule has 1 amide bonds. The number of nitro groups is 1. The second kappa shape index (κ2) is 12.9. The molecule has 2 saturated heterocycles. The molecule has 4 unspecified atom stereocenters. The van der Waals surface area contributed by atoms with Crippen LogP contribution in [0.25, 0.3) is 0 Å². The Morgan fingerprint density at radius 2 is 1.72 bits per heavy atom. The highest BCUT2D eigenvalue weighted by Gasteiger charge is 2.84. The molecule has 290 valence electrons. The average molecular weight is 735 g/mol. The van der Waals surface area contributed by atoms with Crippen molar-refractivity contribution in [3.8, 4) is 5.75 Å². The monoisotopic (exact) mass is 734 g/mol. The molecule has 1 aromatic rings. The summed E-state index contributed by atoms with van der Waals surface area (Å²) in [6.07, 6.45) is 12.5. The van der Waals surface area contributed by atoms with E-state index in [0.29, 0.717) is 72.5 Å². The molecular formula is C42H58N2O9. The zero-order valence-corrected chi connectivity index (χ0v) is 32.0. The van der Waals surface area contributed by atoms with Gasteiger partial charge in [-0.05, 0) is 140 Å². The van der Waals surface area contributed by atoms with Gasteiger partial charge in [0.1, 0.15) is 12.4 Å². The van der Waals surface area contributed by atoms with Crippen molar-refractivity contribution >= 4 is 17.7 Å². The number of carbonyl (C=O) groups excluding carboxylic acids is 2. The standard InChI is InChI=1S/C42H58N2O9/c1-25-41-18-17-40(4)31-12-11-29(24-50-38(46)52-28-9-7-27(8-10-28)44(47)48)51-33(31)22-32(40)30(41)13-14-34-39(2,3)35(15-16-42(25,34)41)53-37-23-43(19-20-49-37)36(45)21-26-5-6-26/h7-10,25-26,29-35,37H,5-6,11-24H2,1-4H3/t25-,29+,30-,31-,32?,33+,34?,35-,37?,40+,41-,42?/m0/s1. The first kappa shape index (κ1) is 35.9. The number of rotatable bonds is 8. The lowest BCUT2D eigenvalue weighted by Crippen LogP contribution is -2.56. The van der Waals surface area contributed by atoms with Crippen molar-refractivity contribution in [1.82, 2.24) is 4.90 Å². The van der Waals surface area contributed by atoms with Gasteiger partial charge in [0, 0.05) is 25.1 Å². The van der Waals surface area contributed by atoms with Crippen molar-refractivity contribution in [3.05, 3.63) is 34.4 Å². The van der Waals surface area contributed by atoms with Crippen LogP contribution >= 0.6 is 0 Å². The molecule has 9 rings (SSSR count). The third-order valence-corrected chi connectivity index (χ3v) is 16.8. The van der Waals surface area contributed by atoms with E-state index in [2.05, 4.69) is 27.7 Å². The maximum atomic E-state index is 12.9. The second-order valence-corrected chi connectivity index (χ2v) is 19.1. The van der Waals surface area contributed by atoms with Gasteiger partial charge in [-0.2, -0.15) is 0 Å². The zero-order chi connectivity index (χ0) is 36.9. The summed E-state index contributed by atoms with van der Waals surface area (Å²) in [7, 11) is 0. The second-order valence-electron chi connectivity index (χ2n) is 19.1. The summed E-state index contributed by atoms with van der Waals surface area (Å²) < 4.78 is 30.5. The molecule has 1 aromatic carbocycles. The van der Waals surface area contributed by atoms with Crippen molar-refractivity contribution in [2.24, 2.45) is 57.2 Å². The lowest BCUT2D eigenvalue weighted by Gasteiger charge is -2.59. The number of benzene rings is 1. The number of non-ortho nitro benzene ring substituents is 1. The van der Waals surface area contributed by atoms with Gasteiger partial charge in [0.2, 0.25) is 5.91 Å². The van der Waals surface area contributed by atoms with Crippen LogP contribution in [0, 0.1) is 67.3 Å². The summed E-state index contributed by atoms with van der Waals surface area (Å²) >= 11 is 0. The molecule has 8 aliphatic rings. The summed E-state index contributed by atoms with van der Waals surface area (Å²) in [6.45, 7) is 12.0. The van der Waals surface area contributed by atoms with Crippen LogP contribution in [-0.2, 0) is 23.7 Å². The largest absolute Gasteiger partial charge is 0.513 e. The number of amides is 1. The molecule has 0 N–H and O–H groups in total. The van der Waals surface area contributed by atoms with Crippen molar-refractivity contribution in [3.63, 3.8) is 0 Å². The number of hydrogen-bond donors (Lipinski definition) is 0. The van der Waals surface area contributed by atoms with Gasteiger partial charge >= 0.3 is 6.16 Å². The van der Waals surface area contributed by atoms with Crippen LogP contribution < -0.4 is 4.74 Å². The first-order valence-corrected chi connectivity index (χ1v) is 20.7. The van der Waals surface area contributed by atoms with Crippen LogP contribution in [0.2, 0.25) is 0 Å². The Labute approximate surface area is 313 Å². The summed E-state index contributed by atoms with van der Waals surface area (Å²) in [5, 5.41) is 10.9. The number of fused-ring (bicyclic) bond motifs is 4. The van der Waals surface area contributed by atoms with Crippen molar-refractivity contribution in [2.45, 2.75) is 129 Å². The smallest absolute Gasteiger partial charge is 0.431 e. The number of morpholine rings is 1. The van der Waals surface area contributed by atoms with Crippen molar-refractivity contribution in [1.29, 1.82) is 0 Å². The Kier molecular flexibility index (Phi) is 8.74. The molecule has 11 nitrogen and oxygen atoms in total. The van der Waals surface area contributed by atoms with Crippen LogP contribution in [0.1, 0.15) is 105 Å². The lowest BCUT2D eigenvalue weighted by atomic mass is 9.46. The van der Waals surface area contributed by atoms with Crippen molar-refractivity contribution in [2.75, 3.05) is 26.3 Å². The van der Waals surface area contributed by atoms with E-state index in [1.807, 2.05) is 4.90 Å². The van der Waals surface area contributed by atoms with Gasteiger partial charge in [0.15, 0.2) is 6.29 Å². The van der Waals surface area contributed by atoms with Gasteiger partial charge in [-0.25, -0.2) is 4.79 Å². The fraction of sp³-hybridized carbons (Fsp3) is 0.810. The van der Waals surface area contributed by atoms with Gasteiger partial charge < -0.3 is 28.6 Å². The Morgan fingerprint density at radius 1 is 0.943 bits per heavy atom. The minimum atomic E-state index is -0.821. The molecule has 8 fully saturated rings. The Balaban J connectivity index is 0.829. The predicted molar refractivity (Wildman–Crippen MR) is 194 cm³/mol. The van der Waals surface area contributed by atoms with Gasteiger partial charge in [0.05, 0.1) is 36.4 Å². The van der Waals surface area contributed by atoms with Crippen LogP contribution in [0.3, 0.4) is 0 Å². The molecule has 11 heteroatoms. The van der Waals surface area contributed by atoms with Gasteiger partial charge in [-0.1, -0.05) is 27.7 Å². The summed E-state index contributed by atoms with van der Waals surface area (Å²) in [6, 6.07) is 5.40. The molecule has 2 heterocycles. The van der Waals surface area contributed by atoms with E-state index in [1.165, 1.54) is 69.2 Å².